The van der Waals surface area contributed by atoms with Crippen molar-refractivity contribution in [3.05, 3.63) is 47.0 Å². The van der Waals surface area contributed by atoms with Crippen LogP contribution in [0.25, 0.3) is 0 Å². The maximum atomic E-state index is 6.07. The molecule has 106 valence electrons. The second-order valence-electron chi connectivity index (χ2n) is 4.08. The van der Waals surface area contributed by atoms with E-state index in [1.54, 1.807) is 31.6 Å². The van der Waals surface area contributed by atoms with Crippen molar-refractivity contribution in [2.45, 2.75) is 13.2 Å². The maximum Gasteiger partial charge on any atom is 0.166 e. The number of halogens is 1. The van der Waals surface area contributed by atoms with E-state index in [1.807, 2.05) is 13.1 Å². The van der Waals surface area contributed by atoms with E-state index in [0.717, 1.165) is 5.56 Å². The van der Waals surface area contributed by atoms with Gasteiger partial charge in [-0.25, -0.2) is 9.97 Å². The average molecular weight is 294 g/mol. The van der Waals surface area contributed by atoms with Crippen LogP contribution in [-0.2, 0) is 13.2 Å². The fourth-order valence-electron chi connectivity index (χ4n) is 1.80. The fourth-order valence-corrected chi connectivity index (χ4v) is 2.03. The summed E-state index contributed by atoms with van der Waals surface area (Å²) < 4.78 is 11.1. The summed E-state index contributed by atoms with van der Waals surface area (Å²) in [6, 6.07) is 5.34. The highest BCUT2D eigenvalue weighted by atomic mass is 35.5. The van der Waals surface area contributed by atoms with E-state index in [4.69, 9.17) is 21.1 Å². The van der Waals surface area contributed by atoms with E-state index in [1.165, 1.54) is 0 Å². The monoisotopic (exact) mass is 293 g/mol. The van der Waals surface area contributed by atoms with Gasteiger partial charge in [0.2, 0.25) is 0 Å². The Bertz CT molecular complexity index is 564. The first-order valence-electron chi connectivity index (χ1n) is 6.14. The van der Waals surface area contributed by atoms with E-state index >= 15 is 0 Å². The third-order valence-electron chi connectivity index (χ3n) is 2.65. The van der Waals surface area contributed by atoms with Crippen molar-refractivity contribution in [3.8, 4) is 11.5 Å². The van der Waals surface area contributed by atoms with E-state index in [2.05, 4.69) is 15.3 Å². The summed E-state index contributed by atoms with van der Waals surface area (Å²) in [4.78, 5) is 8.25. The molecule has 2 rings (SSSR count). The summed E-state index contributed by atoms with van der Waals surface area (Å²) in [5, 5.41) is 3.68. The van der Waals surface area contributed by atoms with Gasteiger partial charge in [0.25, 0.3) is 0 Å². The number of nitrogens with zero attached hydrogens (tertiary/aromatic N) is 2. The average Bonchev–Trinajstić information content (AvgIpc) is 2.47. The van der Waals surface area contributed by atoms with Gasteiger partial charge in [0.05, 0.1) is 7.11 Å². The minimum absolute atomic E-state index is 0.273. The number of nitrogens with one attached hydrogen (secondary N) is 1. The number of ether oxygens (including phenoxy) is 2. The molecule has 6 heteroatoms. The Morgan fingerprint density at radius 3 is 2.65 bits per heavy atom. The van der Waals surface area contributed by atoms with Gasteiger partial charge < -0.3 is 14.8 Å². The number of aromatic nitrogens is 2. The molecular formula is C14H16ClN3O2. The van der Waals surface area contributed by atoms with E-state index < -0.39 is 0 Å². The van der Waals surface area contributed by atoms with Crippen LogP contribution in [0, 0.1) is 0 Å². The largest absolute Gasteiger partial charge is 0.493 e. The summed E-state index contributed by atoms with van der Waals surface area (Å²) in [6.07, 6.45) is 3.36. The van der Waals surface area contributed by atoms with Crippen LogP contribution in [-0.4, -0.2) is 24.1 Å². The molecule has 1 aromatic carbocycles. The van der Waals surface area contributed by atoms with Gasteiger partial charge >= 0.3 is 0 Å². The SMILES string of the molecule is CNCc1cc(Cl)cc(OC)c1OCc1ncccn1. The predicted molar refractivity (Wildman–Crippen MR) is 77.1 cm³/mol. The van der Waals surface area contributed by atoms with Crippen LogP contribution in [0.15, 0.2) is 30.6 Å². The number of hydrogen-bond donors (Lipinski definition) is 1. The first-order valence-corrected chi connectivity index (χ1v) is 6.52. The van der Waals surface area contributed by atoms with Gasteiger partial charge in [-0.1, -0.05) is 11.6 Å². The Balaban J connectivity index is 2.24. The van der Waals surface area contributed by atoms with Crippen molar-refractivity contribution in [2.75, 3.05) is 14.2 Å². The molecule has 0 radical (unpaired) electrons. The molecule has 0 saturated carbocycles. The topological polar surface area (TPSA) is 56.3 Å². The molecule has 0 atom stereocenters. The van der Waals surface area contributed by atoms with Crippen LogP contribution in [0.2, 0.25) is 5.02 Å². The highest BCUT2D eigenvalue weighted by Crippen LogP contribution is 2.35. The molecule has 0 aliphatic carbocycles. The molecule has 0 unspecified atom stereocenters. The van der Waals surface area contributed by atoms with Crippen LogP contribution >= 0.6 is 11.6 Å². The van der Waals surface area contributed by atoms with Crippen molar-refractivity contribution in [1.82, 2.24) is 15.3 Å². The molecule has 20 heavy (non-hydrogen) atoms. The normalized spacial score (nSPS) is 10.3. The lowest BCUT2D eigenvalue weighted by Crippen LogP contribution is -2.09. The number of benzene rings is 1. The third-order valence-corrected chi connectivity index (χ3v) is 2.87. The number of methoxy groups -OCH3 is 1. The molecule has 1 N–H and O–H groups in total. The lowest BCUT2D eigenvalue weighted by Gasteiger charge is -2.15. The van der Waals surface area contributed by atoms with E-state index in [-0.39, 0.29) is 6.61 Å². The fraction of sp³-hybridized carbons (Fsp3) is 0.286. The first kappa shape index (κ1) is 14.6. The molecule has 0 bridgehead atoms. The van der Waals surface area contributed by atoms with Gasteiger partial charge in [-0.3, -0.25) is 0 Å². The summed E-state index contributed by atoms with van der Waals surface area (Å²) in [5.41, 5.74) is 0.924. The lowest BCUT2D eigenvalue weighted by atomic mass is 10.2. The van der Waals surface area contributed by atoms with Crippen LogP contribution in [0.4, 0.5) is 0 Å². The molecule has 5 nitrogen and oxygen atoms in total. The molecule has 0 fully saturated rings. The second-order valence-corrected chi connectivity index (χ2v) is 4.52. The predicted octanol–water partition coefficient (Wildman–Crippen LogP) is 2.44. The van der Waals surface area contributed by atoms with Crippen molar-refractivity contribution in [3.63, 3.8) is 0 Å². The highest BCUT2D eigenvalue weighted by Gasteiger charge is 2.13. The summed E-state index contributed by atoms with van der Waals surface area (Å²) in [6.45, 7) is 0.900. The first-order chi connectivity index (χ1) is 9.74. The number of rotatable bonds is 6. The van der Waals surface area contributed by atoms with Gasteiger partial charge in [-0.05, 0) is 19.2 Å². The molecule has 1 heterocycles. The minimum Gasteiger partial charge on any atom is -0.493 e. The Morgan fingerprint density at radius 1 is 1.25 bits per heavy atom. The summed E-state index contributed by atoms with van der Waals surface area (Å²) in [7, 11) is 3.44. The molecule has 0 aliphatic heterocycles. The third kappa shape index (κ3) is 3.59. The molecule has 0 saturated heterocycles. The smallest absolute Gasteiger partial charge is 0.166 e. The van der Waals surface area contributed by atoms with Gasteiger partial charge in [-0.2, -0.15) is 0 Å². The van der Waals surface area contributed by atoms with Crippen molar-refractivity contribution >= 4 is 11.6 Å². The summed E-state index contributed by atoms with van der Waals surface area (Å²) in [5.74, 6) is 1.86. The van der Waals surface area contributed by atoms with Gasteiger partial charge in [0.1, 0.15) is 6.61 Å². The molecule has 0 spiro atoms. The highest BCUT2D eigenvalue weighted by molar-refractivity contribution is 6.30. The van der Waals surface area contributed by atoms with Gasteiger partial charge in [0.15, 0.2) is 17.3 Å². The molecule has 0 aliphatic rings. The quantitative estimate of drug-likeness (QED) is 0.886. The zero-order chi connectivity index (χ0) is 14.4. The zero-order valence-electron chi connectivity index (χ0n) is 11.4. The van der Waals surface area contributed by atoms with Crippen LogP contribution in [0.5, 0.6) is 11.5 Å². The molecule has 0 amide bonds. The Hall–Kier alpha value is -1.85. The number of hydrogen-bond acceptors (Lipinski definition) is 5. The Morgan fingerprint density at radius 2 is 2.00 bits per heavy atom. The van der Waals surface area contributed by atoms with Gasteiger partial charge in [-0.15, -0.1) is 0 Å². The molecular weight excluding hydrogens is 278 g/mol. The Labute approximate surface area is 122 Å². The minimum atomic E-state index is 0.273. The van der Waals surface area contributed by atoms with Crippen LogP contribution in [0.3, 0.4) is 0 Å². The van der Waals surface area contributed by atoms with Crippen molar-refractivity contribution < 1.29 is 9.47 Å². The Kier molecular flexibility index (Phi) is 5.15. The van der Waals surface area contributed by atoms with Crippen LogP contribution < -0.4 is 14.8 Å². The van der Waals surface area contributed by atoms with E-state index in [0.29, 0.717) is 28.9 Å². The standard InChI is InChI=1S/C14H16ClN3O2/c1-16-8-10-6-11(15)7-12(19-2)14(10)20-9-13-17-4-3-5-18-13/h3-7,16H,8-9H2,1-2H3. The van der Waals surface area contributed by atoms with Crippen molar-refractivity contribution in [2.24, 2.45) is 0 Å². The van der Waals surface area contributed by atoms with Crippen molar-refractivity contribution in [1.29, 1.82) is 0 Å². The summed E-state index contributed by atoms with van der Waals surface area (Å²) >= 11 is 6.07. The second kappa shape index (κ2) is 7.07. The lowest BCUT2D eigenvalue weighted by molar-refractivity contribution is 0.273. The maximum absolute atomic E-state index is 6.07. The molecule has 1 aromatic heterocycles. The van der Waals surface area contributed by atoms with E-state index in [9.17, 15) is 0 Å². The zero-order valence-corrected chi connectivity index (χ0v) is 12.1. The molecule has 2 aromatic rings. The van der Waals surface area contributed by atoms with Crippen LogP contribution in [0.1, 0.15) is 11.4 Å². The van der Waals surface area contributed by atoms with Gasteiger partial charge in [0, 0.05) is 35.6 Å².